The van der Waals surface area contributed by atoms with Gasteiger partial charge >= 0.3 is 12.0 Å². The summed E-state index contributed by atoms with van der Waals surface area (Å²) in [4.78, 5) is 26.4. The molecule has 0 aromatic heterocycles. The highest BCUT2D eigenvalue weighted by atomic mass is 19.1. The Bertz CT molecular complexity index is 701. The first-order valence-electron chi connectivity index (χ1n) is 9.02. The number of carbonyl (C=O) groups excluding carboxylic acids is 1. The van der Waals surface area contributed by atoms with Gasteiger partial charge in [0, 0.05) is 25.7 Å². The van der Waals surface area contributed by atoms with Crippen LogP contribution in [0.25, 0.3) is 6.08 Å². The van der Waals surface area contributed by atoms with Crippen LogP contribution in [0.3, 0.4) is 0 Å². The van der Waals surface area contributed by atoms with Crippen molar-refractivity contribution in [2.24, 2.45) is 5.92 Å². The molecule has 0 spiro atoms. The Morgan fingerprint density at radius 1 is 1.31 bits per heavy atom. The highest BCUT2D eigenvalue weighted by molar-refractivity contribution is 5.94. The fourth-order valence-electron chi connectivity index (χ4n) is 3.54. The van der Waals surface area contributed by atoms with Crippen molar-refractivity contribution in [3.05, 3.63) is 35.7 Å². The van der Waals surface area contributed by atoms with E-state index in [2.05, 4.69) is 5.32 Å². The SMILES string of the molecule is O=C(O)/C=C/c1ccc(N2CCN(CCC3CCNCC3)C2=O)c(F)c1. The van der Waals surface area contributed by atoms with Crippen LogP contribution in [0.5, 0.6) is 0 Å². The maximum absolute atomic E-state index is 14.4. The van der Waals surface area contributed by atoms with Gasteiger partial charge in [0.05, 0.1) is 5.69 Å². The molecule has 26 heavy (non-hydrogen) atoms. The molecule has 0 saturated carbocycles. The first-order chi connectivity index (χ1) is 12.5. The van der Waals surface area contributed by atoms with Crippen LogP contribution < -0.4 is 10.2 Å². The molecule has 0 aliphatic carbocycles. The van der Waals surface area contributed by atoms with Crippen molar-refractivity contribution < 1.29 is 19.1 Å². The minimum Gasteiger partial charge on any atom is -0.478 e. The first kappa shape index (κ1) is 18.4. The number of carboxylic acids is 1. The average molecular weight is 361 g/mol. The highest BCUT2D eigenvalue weighted by Gasteiger charge is 2.31. The number of aliphatic carboxylic acids is 1. The second-order valence-electron chi connectivity index (χ2n) is 6.79. The monoisotopic (exact) mass is 361 g/mol. The van der Waals surface area contributed by atoms with E-state index in [9.17, 15) is 14.0 Å². The standard InChI is InChI=1S/C19H24FN3O3/c20-16-13-15(2-4-18(24)25)1-3-17(16)23-12-11-22(19(23)26)10-7-14-5-8-21-9-6-14/h1-4,13-14,21H,5-12H2,(H,24,25)/b4-2+. The molecule has 2 saturated heterocycles. The fourth-order valence-corrected chi connectivity index (χ4v) is 3.54. The number of rotatable bonds is 6. The summed E-state index contributed by atoms with van der Waals surface area (Å²) in [7, 11) is 0. The lowest BCUT2D eigenvalue weighted by molar-refractivity contribution is -0.131. The van der Waals surface area contributed by atoms with Crippen molar-refractivity contribution in [3.63, 3.8) is 0 Å². The van der Waals surface area contributed by atoms with Crippen LogP contribution in [0.1, 0.15) is 24.8 Å². The van der Waals surface area contributed by atoms with E-state index in [1.807, 2.05) is 0 Å². The first-order valence-corrected chi connectivity index (χ1v) is 9.02. The third-order valence-electron chi connectivity index (χ3n) is 5.04. The quantitative estimate of drug-likeness (QED) is 0.764. The summed E-state index contributed by atoms with van der Waals surface area (Å²) in [5.41, 5.74) is 0.690. The third kappa shape index (κ3) is 4.40. The van der Waals surface area contributed by atoms with Gasteiger partial charge in [-0.25, -0.2) is 14.0 Å². The third-order valence-corrected chi connectivity index (χ3v) is 5.04. The lowest BCUT2D eigenvalue weighted by Crippen LogP contribution is -2.35. The van der Waals surface area contributed by atoms with E-state index in [4.69, 9.17) is 5.11 Å². The summed E-state index contributed by atoms with van der Waals surface area (Å²) in [5.74, 6) is -0.963. The Morgan fingerprint density at radius 2 is 2.08 bits per heavy atom. The van der Waals surface area contributed by atoms with E-state index in [1.54, 1.807) is 11.0 Å². The van der Waals surface area contributed by atoms with Crippen LogP contribution in [0.15, 0.2) is 24.3 Å². The molecular formula is C19H24FN3O3. The normalized spacial score (nSPS) is 18.9. The number of urea groups is 1. The minimum absolute atomic E-state index is 0.160. The topological polar surface area (TPSA) is 72.9 Å². The van der Waals surface area contributed by atoms with Gasteiger partial charge in [0.2, 0.25) is 0 Å². The van der Waals surface area contributed by atoms with Crippen molar-refractivity contribution in [2.45, 2.75) is 19.3 Å². The van der Waals surface area contributed by atoms with Crippen LogP contribution >= 0.6 is 0 Å². The predicted octanol–water partition coefficient (Wildman–Crippen LogP) is 2.56. The molecule has 0 bridgehead atoms. The number of piperidine rings is 1. The van der Waals surface area contributed by atoms with E-state index in [1.165, 1.54) is 23.1 Å². The number of hydrogen-bond acceptors (Lipinski definition) is 3. The van der Waals surface area contributed by atoms with Gasteiger partial charge in [-0.2, -0.15) is 0 Å². The Morgan fingerprint density at radius 3 is 2.77 bits per heavy atom. The molecule has 1 aromatic carbocycles. The predicted molar refractivity (Wildman–Crippen MR) is 97.6 cm³/mol. The number of benzene rings is 1. The number of nitrogens with zero attached hydrogens (tertiary/aromatic N) is 2. The molecule has 0 radical (unpaired) electrons. The van der Waals surface area contributed by atoms with E-state index in [0.29, 0.717) is 31.1 Å². The van der Waals surface area contributed by atoms with Crippen molar-refractivity contribution in [2.75, 3.05) is 37.6 Å². The molecule has 2 aliphatic heterocycles. The van der Waals surface area contributed by atoms with E-state index in [0.717, 1.165) is 38.4 Å². The summed E-state index contributed by atoms with van der Waals surface area (Å²) in [6, 6.07) is 4.24. The fraction of sp³-hybridized carbons (Fsp3) is 0.474. The lowest BCUT2D eigenvalue weighted by Gasteiger charge is -2.25. The van der Waals surface area contributed by atoms with Crippen LogP contribution in [-0.2, 0) is 4.79 Å². The van der Waals surface area contributed by atoms with Crippen molar-refractivity contribution in [1.82, 2.24) is 10.2 Å². The second-order valence-corrected chi connectivity index (χ2v) is 6.79. The molecule has 6 nitrogen and oxygen atoms in total. The molecule has 7 heteroatoms. The Balaban J connectivity index is 1.61. The zero-order chi connectivity index (χ0) is 18.5. The number of hydrogen-bond donors (Lipinski definition) is 2. The smallest absolute Gasteiger partial charge is 0.328 e. The maximum Gasteiger partial charge on any atom is 0.328 e. The largest absolute Gasteiger partial charge is 0.478 e. The van der Waals surface area contributed by atoms with Crippen molar-refractivity contribution in [3.8, 4) is 0 Å². The number of amides is 2. The van der Waals surface area contributed by atoms with Gasteiger partial charge in [-0.1, -0.05) is 6.07 Å². The van der Waals surface area contributed by atoms with Crippen molar-refractivity contribution >= 4 is 23.8 Å². The summed E-state index contributed by atoms with van der Waals surface area (Å²) in [5, 5.41) is 12.0. The Kier molecular flexibility index (Phi) is 5.88. The number of carbonyl (C=O) groups is 2. The summed E-state index contributed by atoms with van der Waals surface area (Å²) in [6.45, 7) is 3.86. The van der Waals surface area contributed by atoms with Crippen LogP contribution in [0, 0.1) is 11.7 Å². The Labute approximate surface area is 152 Å². The summed E-state index contributed by atoms with van der Waals surface area (Å²) >= 11 is 0. The molecule has 2 aliphatic rings. The molecule has 2 heterocycles. The van der Waals surface area contributed by atoms with Crippen LogP contribution in [0.2, 0.25) is 0 Å². The Hall–Kier alpha value is -2.41. The highest BCUT2D eigenvalue weighted by Crippen LogP contribution is 2.26. The maximum atomic E-state index is 14.4. The molecule has 0 atom stereocenters. The zero-order valence-electron chi connectivity index (χ0n) is 14.7. The molecule has 1 aromatic rings. The van der Waals surface area contributed by atoms with Gasteiger partial charge in [-0.05, 0) is 62.0 Å². The van der Waals surface area contributed by atoms with E-state index < -0.39 is 11.8 Å². The van der Waals surface area contributed by atoms with Gasteiger partial charge in [0.1, 0.15) is 5.82 Å². The van der Waals surface area contributed by atoms with E-state index >= 15 is 0 Å². The number of anilines is 1. The lowest BCUT2D eigenvalue weighted by atomic mass is 9.94. The van der Waals surface area contributed by atoms with Crippen LogP contribution in [-0.4, -0.2) is 54.7 Å². The van der Waals surface area contributed by atoms with Gasteiger partial charge in [0.25, 0.3) is 0 Å². The number of nitrogens with one attached hydrogen (secondary N) is 1. The average Bonchev–Trinajstić information content (AvgIpc) is 3.00. The second kappa shape index (κ2) is 8.31. The zero-order valence-corrected chi connectivity index (χ0v) is 14.7. The van der Waals surface area contributed by atoms with Gasteiger partial charge < -0.3 is 15.3 Å². The molecule has 2 fully saturated rings. The molecule has 2 N–H and O–H groups in total. The molecule has 140 valence electrons. The summed E-state index contributed by atoms with van der Waals surface area (Å²) < 4.78 is 14.4. The van der Waals surface area contributed by atoms with Crippen molar-refractivity contribution in [1.29, 1.82) is 0 Å². The van der Waals surface area contributed by atoms with Gasteiger partial charge in [-0.15, -0.1) is 0 Å². The minimum atomic E-state index is -1.09. The summed E-state index contributed by atoms with van der Waals surface area (Å²) in [6.07, 6.45) is 5.56. The molecule has 2 amide bonds. The molecule has 3 rings (SSSR count). The van der Waals surface area contributed by atoms with E-state index in [-0.39, 0.29) is 11.7 Å². The van der Waals surface area contributed by atoms with Gasteiger partial charge in [-0.3, -0.25) is 4.90 Å². The van der Waals surface area contributed by atoms with Crippen LogP contribution in [0.4, 0.5) is 14.9 Å². The molecule has 0 unspecified atom stereocenters. The number of carboxylic acid groups (broad SMARTS) is 1. The number of halogens is 1. The molecular weight excluding hydrogens is 337 g/mol. The van der Waals surface area contributed by atoms with Gasteiger partial charge in [0.15, 0.2) is 0 Å².